The molecule has 0 radical (unpaired) electrons. The minimum Gasteiger partial charge on any atom is -0.309 e. The van der Waals surface area contributed by atoms with Gasteiger partial charge in [-0.3, -0.25) is 4.79 Å². The third-order valence-electron chi connectivity index (χ3n) is 4.35. The Balaban J connectivity index is 1.33. The Bertz CT molecular complexity index is 1140. The summed E-state index contributed by atoms with van der Waals surface area (Å²) in [5, 5.41) is 14.6. The van der Waals surface area contributed by atoms with Gasteiger partial charge in [-0.05, 0) is 17.7 Å². The van der Waals surface area contributed by atoms with Crippen LogP contribution in [0.2, 0.25) is 0 Å². The third kappa shape index (κ3) is 5.16. The van der Waals surface area contributed by atoms with Gasteiger partial charge in [0.25, 0.3) is 0 Å². The van der Waals surface area contributed by atoms with E-state index in [-0.39, 0.29) is 11.7 Å². The monoisotopic (exact) mass is 499 g/mol. The fourth-order valence-electron chi connectivity index (χ4n) is 2.77. The number of anilines is 1. The molecule has 6 nitrogen and oxygen atoms in total. The van der Waals surface area contributed by atoms with E-state index in [0.717, 1.165) is 21.6 Å². The van der Waals surface area contributed by atoms with Gasteiger partial charge in [-0.25, -0.2) is 4.98 Å². The Labute approximate surface area is 190 Å². The molecule has 9 heteroatoms. The first-order valence-electron chi connectivity index (χ1n) is 9.15. The van der Waals surface area contributed by atoms with Crippen LogP contribution < -0.4 is 5.32 Å². The van der Waals surface area contributed by atoms with Crippen LogP contribution in [0, 0.1) is 0 Å². The van der Waals surface area contributed by atoms with Crippen LogP contribution in [0.4, 0.5) is 5.13 Å². The van der Waals surface area contributed by atoms with Crippen molar-refractivity contribution < 1.29 is 4.79 Å². The van der Waals surface area contributed by atoms with Crippen molar-refractivity contribution in [3.8, 4) is 11.3 Å². The lowest BCUT2D eigenvalue weighted by molar-refractivity contribution is -0.113. The number of carbonyl (C=O) groups is 1. The summed E-state index contributed by atoms with van der Waals surface area (Å²) < 4.78 is 2.95. The molecule has 2 heterocycles. The second-order valence-corrected chi connectivity index (χ2v) is 9.22. The topological polar surface area (TPSA) is 72.7 Å². The SMILES string of the molecule is Cn1c(Cc2ccccc2)nnc1SCC(=O)Nc1nc(-c2ccc(Br)cc2)cs1. The molecule has 2 aromatic heterocycles. The number of thioether (sulfide) groups is 1. The van der Waals surface area contributed by atoms with E-state index >= 15 is 0 Å². The van der Waals surface area contributed by atoms with Crippen LogP contribution in [-0.2, 0) is 18.3 Å². The van der Waals surface area contributed by atoms with Crippen LogP contribution in [0.1, 0.15) is 11.4 Å². The average Bonchev–Trinajstić information content (AvgIpc) is 3.35. The molecular weight excluding hydrogens is 482 g/mol. The van der Waals surface area contributed by atoms with Gasteiger partial charge in [0, 0.05) is 28.9 Å². The van der Waals surface area contributed by atoms with Crippen LogP contribution in [0.25, 0.3) is 11.3 Å². The van der Waals surface area contributed by atoms with E-state index in [4.69, 9.17) is 0 Å². The third-order valence-corrected chi connectivity index (χ3v) is 6.66. The second kappa shape index (κ2) is 9.55. The predicted molar refractivity (Wildman–Crippen MR) is 125 cm³/mol. The van der Waals surface area contributed by atoms with Gasteiger partial charge in [0.2, 0.25) is 5.91 Å². The number of aromatic nitrogens is 4. The number of thiazole rings is 1. The van der Waals surface area contributed by atoms with Crippen molar-refractivity contribution >= 4 is 50.1 Å². The van der Waals surface area contributed by atoms with Gasteiger partial charge in [0.1, 0.15) is 5.82 Å². The Morgan fingerprint density at radius 2 is 1.90 bits per heavy atom. The average molecular weight is 500 g/mol. The number of carbonyl (C=O) groups excluding carboxylic acids is 1. The Morgan fingerprint density at radius 1 is 1.13 bits per heavy atom. The fraction of sp³-hybridized carbons (Fsp3) is 0.143. The van der Waals surface area contributed by atoms with Crippen LogP contribution in [0.5, 0.6) is 0 Å². The molecule has 0 spiro atoms. The highest BCUT2D eigenvalue weighted by atomic mass is 79.9. The summed E-state index contributed by atoms with van der Waals surface area (Å²) in [7, 11) is 1.92. The standard InChI is InChI=1S/C21H18BrN5OS2/c1-27-18(11-14-5-3-2-4-6-14)25-26-21(27)30-13-19(28)24-20-23-17(12-29-20)15-7-9-16(22)10-8-15/h2-10,12H,11,13H2,1H3,(H,23,24,28). The molecule has 30 heavy (non-hydrogen) atoms. The van der Waals surface area contributed by atoms with E-state index < -0.39 is 0 Å². The lowest BCUT2D eigenvalue weighted by atomic mass is 10.1. The molecule has 0 saturated heterocycles. The van der Waals surface area contributed by atoms with Crippen molar-refractivity contribution in [1.82, 2.24) is 19.7 Å². The fourth-order valence-corrected chi connectivity index (χ4v) is 4.50. The first-order valence-corrected chi connectivity index (χ1v) is 11.8. The molecule has 0 fully saturated rings. The Kier molecular flexibility index (Phi) is 6.61. The second-order valence-electron chi connectivity index (χ2n) is 6.50. The van der Waals surface area contributed by atoms with Crippen molar-refractivity contribution in [1.29, 1.82) is 0 Å². The molecule has 1 N–H and O–H groups in total. The minimum atomic E-state index is -0.121. The van der Waals surface area contributed by atoms with E-state index in [0.29, 0.717) is 16.7 Å². The van der Waals surface area contributed by atoms with Gasteiger partial charge < -0.3 is 9.88 Å². The minimum absolute atomic E-state index is 0.121. The first kappa shape index (κ1) is 20.8. The van der Waals surface area contributed by atoms with Crippen molar-refractivity contribution in [2.75, 3.05) is 11.1 Å². The quantitative estimate of drug-likeness (QED) is 0.361. The molecule has 4 aromatic rings. The van der Waals surface area contributed by atoms with Crippen molar-refractivity contribution in [3.05, 3.63) is 75.8 Å². The molecule has 0 aliphatic rings. The number of amides is 1. The number of hydrogen-bond donors (Lipinski definition) is 1. The summed E-state index contributed by atoms with van der Waals surface area (Å²) in [6.45, 7) is 0. The lowest BCUT2D eigenvalue weighted by Gasteiger charge is -2.04. The summed E-state index contributed by atoms with van der Waals surface area (Å²) in [6, 6.07) is 18.0. The maximum Gasteiger partial charge on any atom is 0.236 e. The molecule has 2 aromatic carbocycles. The Hall–Kier alpha value is -2.49. The number of hydrogen-bond acceptors (Lipinski definition) is 6. The number of nitrogens with one attached hydrogen (secondary N) is 1. The molecule has 0 aliphatic carbocycles. The van der Waals surface area contributed by atoms with Crippen molar-refractivity contribution in [2.24, 2.45) is 7.05 Å². The highest BCUT2D eigenvalue weighted by molar-refractivity contribution is 9.10. The Morgan fingerprint density at radius 3 is 2.67 bits per heavy atom. The highest BCUT2D eigenvalue weighted by Crippen LogP contribution is 2.26. The maximum atomic E-state index is 12.4. The summed E-state index contributed by atoms with van der Waals surface area (Å²) in [6.07, 6.45) is 0.703. The van der Waals surface area contributed by atoms with Crippen molar-refractivity contribution in [2.45, 2.75) is 11.6 Å². The predicted octanol–water partition coefficient (Wildman–Crippen LogP) is 5.02. The van der Waals surface area contributed by atoms with Gasteiger partial charge in [-0.1, -0.05) is 70.2 Å². The molecule has 0 bridgehead atoms. The summed E-state index contributed by atoms with van der Waals surface area (Å²) >= 11 is 6.20. The van der Waals surface area contributed by atoms with E-state index in [1.807, 2.05) is 59.5 Å². The van der Waals surface area contributed by atoms with Gasteiger partial charge in [-0.2, -0.15) is 0 Å². The number of nitrogens with zero attached hydrogens (tertiary/aromatic N) is 4. The van der Waals surface area contributed by atoms with Crippen LogP contribution >= 0.6 is 39.0 Å². The summed E-state index contributed by atoms with van der Waals surface area (Å²) in [4.78, 5) is 16.9. The molecule has 1 amide bonds. The van der Waals surface area contributed by atoms with Gasteiger partial charge in [0.05, 0.1) is 11.4 Å². The molecule has 0 saturated carbocycles. The summed E-state index contributed by atoms with van der Waals surface area (Å²) in [5.74, 6) is 0.984. The molecule has 4 rings (SSSR count). The number of halogens is 1. The molecule has 0 unspecified atom stereocenters. The van der Waals surface area contributed by atoms with Crippen molar-refractivity contribution in [3.63, 3.8) is 0 Å². The number of rotatable bonds is 7. The van der Waals surface area contributed by atoms with E-state index in [1.54, 1.807) is 0 Å². The van der Waals surface area contributed by atoms with Crippen LogP contribution in [0.3, 0.4) is 0 Å². The largest absolute Gasteiger partial charge is 0.309 e. The lowest BCUT2D eigenvalue weighted by Crippen LogP contribution is -2.14. The zero-order chi connectivity index (χ0) is 20.9. The van der Waals surface area contributed by atoms with Gasteiger partial charge >= 0.3 is 0 Å². The van der Waals surface area contributed by atoms with E-state index in [9.17, 15) is 4.79 Å². The molecule has 0 atom stereocenters. The van der Waals surface area contributed by atoms with Crippen LogP contribution in [0.15, 0.2) is 69.6 Å². The maximum absolute atomic E-state index is 12.4. The summed E-state index contributed by atoms with van der Waals surface area (Å²) in [5.41, 5.74) is 3.02. The first-order chi connectivity index (χ1) is 14.6. The van der Waals surface area contributed by atoms with E-state index in [1.165, 1.54) is 28.7 Å². The molecular formula is C21H18BrN5OS2. The zero-order valence-corrected chi connectivity index (χ0v) is 19.3. The molecule has 0 aliphatic heterocycles. The number of benzene rings is 2. The van der Waals surface area contributed by atoms with Crippen LogP contribution in [-0.4, -0.2) is 31.4 Å². The zero-order valence-electron chi connectivity index (χ0n) is 16.1. The highest BCUT2D eigenvalue weighted by Gasteiger charge is 2.13. The smallest absolute Gasteiger partial charge is 0.236 e. The normalized spacial score (nSPS) is 10.9. The van der Waals surface area contributed by atoms with E-state index in [2.05, 4.69) is 48.6 Å². The van der Waals surface area contributed by atoms with Gasteiger partial charge in [-0.15, -0.1) is 21.5 Å². The molecule has 152 valence electrons. The van der Waals surface area contributed by atoms with Gasteiger partial charge in [0.15, 0.2) is 10.3 Å².